The number of fused-ring (bicyclic) bond motifs is 1. The van der Waals surface area contributed by atoms with E-state index in [4.69, 9.17) is 4.74 Å². The molecule has 0 spiro atoms. The van der Waals surface area contributed by atoms with Crippen molar-refractivity contribution in [1.29, 1.82) is 0 Å². The first kappa shape index (κ1) is 18.8. The standard InChI is InChI=1S/C21H19F3O4/c22-21(23,24)15-7-6-14(11-3-4-11)17(18(15)19(25)20(26)27)13-5-8-16-12(10-13)2-1-9-28-16/h5-8,10-11,19,25H,1-4,9H2,(H,26,27). The highest BCUT2D eigenvalue weighted by atomic mass is 19.4. The van der Waals surface area contributed by atoms with E-state index < -0.39 is 29.4 Å². The quantitative estimate of drug-likeness (QED) is 0.792. The number of aliphatic carboxylic acids is 1. The Balaban J connectivity index is 1.99. The summed E-state index contributed by atoms with van der Waals surface area (Å²) in [5.41, 5.74) is 0.489. The number of halogens is 3. The van der Waals surface area contributed by atoms with E-state index in [1.807, 2.05) is 0 Å². The molecule has 4 rings (SSSR count). The summed E-state index contributed by atoms with van der Waals surface area (Å²) in [5, 5.41) is 19.5. The monoisotopic (exact) mass is 392 g/mol. The molecule has 2 aromatic carbocycles. The molecule has 1 aliphatic carbocycles. The number of aliphatic hydroxyl groups excluding tert-OH is 1. The van der Waals surface area contributed by atoms with Crippen molar-refractivity contribution >= 4 is 5.97 Å². The number of benzene rings is 2. The zero-order chi connectivity index (χ0) is 20.1. The van der Waals surface area contributed by atoms with Gasteiger partial charge in [0.05, 0.1) is 12.2 Å². The third-order valence-corrected chi connectivity index (χ3v) is 5.30. The third kappa shape index (κ3) is 3.35. The number of hydrogen-bond donors (Lipinski definition) is 2. The highest BCUT2D eigenvalue weighted by Gasteiger charge is 2.40. The van der Waals surface area contributed by atoms with Crippen LogP contribution in [0, 0.1) is 0 Å². The number of alkyl halides is 3. The molecule has 0 amide bonds. The van der Waals surface area contributed by atoms with Gasteiger partial charge in [-0.25, -0.2) is 4.79 Å². The maximum Gasteiger partial charge on any atom is 0.416 e. The smallest absolute Gasteiger partial charge is 0.416 e. The van der Waals surface area contributed by atoms with E-state index in [1.54, 1.807) is 18.2 Å². The predicted molar refractivity (Wildman–Crippen MR) is 95.3 cm³/mol. The maximum absolute atomic E-state index is 13.7. The highest BCUT2D eigenvalue weighted by Crippen LogP contribution is 2.50. The molecule has 1 heterocycles. The van der Waals surface area contributed by atoms with Gasteiger partial charge in [0.15, 0.2) is 6.10 Å². The van der Waals surface area contributed by atoms with Crippen LogP contribution in [0.3, 0.4) is 0 Å². The predicted octanol–water partition coefficient (Wildman–Crippen LogP) is 4.69. The second kappa shape index (κ2) is 6.81. The number of rotatable bonds is 4. The molecule has 0 radical (unpaired) electrons. The van der Waals surface area contributed by atoms with Crippen LogP contribution in [0.25, 0.3) is 11.1 Å². The van der Waals surface area contributed by atoms with Crippen LogP contribution in [0.1, 0.15) is 53.5 Å². The van der Waals surface area contributed by atoms with Crippen molar-refractivity contribution < 1.29 is 32.9 Å². The average molecular weight is 392 g/mol. The summed E-state index contributed by atoms with van der Waals surface area (Å²) in [6.45, 7) is 0.589. The van der Waals surface area contributed by atoms with Gasteiger partial charge in [-0.3, -0.25) is 0 Å². The summed E-state index contributed by atoms with van der Waals surface area (Å²) in [5.74, 6) is -0.944. The van der Waals surface area contributed by atoms with Crippen LogP contribution in [0.15, 0.2) is 30.3 Å². The zero-order valence-corrected chi connectivity index (χ0v) is 14.9. The van der Waals surface area contributed by atoms with Gasteiger partial charge < -0.3 is 14.9 Å². The molecule has 2 aromatic rings. The Morgan fingerprint density at radius 2 is 1.93 bits per heavy atom. The summed E-state index contributed by atoms with van der Waals surface area (Å²) in [7, 11) is 0. The second-order valence-electron chi connectivity index (χ2n) is 7.28. The molecule has 0 saturated heterocycles. The zero-order valence-electron chi connectivity index (χ0n) is 14.9. The lowest BCUT2D eigenvalue weighted by atomic mass is 9.85. The molecule has 4 nitrogen and oxygen atoms in total. The van der Waals surface area contributed by atoms with Crippen molar-refractivity contribution in [2.75, 3.05) is 6.61 Å². The van der Waals surface area contributed by atoms with Crippen molar-refractivity contribution in [1.82, 2.24) is 0 Å². The first-order valence-electron chi connectivity index (χ1n) is 9.18. The Morgan fingerprint density at radius 3 is 2.57 bits per heavy atom. The van der Waals surface area contributed by atoms with Gasteiger partial charge in [0, 0.05) is 5.56 Å². The summed E-state index contributed by atoms with van der Waals surface area (Å²) < 4.78 is 46.6. The number of carbonyl (C=O) groups is 1. The fraction of sp³-hybridized carbons (Fsp3) is 0.381. The van der Waals surface area contributed by atoms with Crippen LogP contribution >= 0.6 is 0 Å². The van der Waals surface area contributed by atoms with E-state index in [-0.39, 0.29) is 11.5 Å². The van der Waals surface area contributed by atoms with Crippen LogP contribution in [0.5, 0.6) is 5.75 Å². The first-order valence-corrected chi connectivity index (χ1v) is 9.18. The largest absolute Gasteiger partial charge is 0.493 e. The van der Waals surface area contributed by atoms with E-state index in [0.717, 1.165) is 37.3 Å². The Hall–Kier alpha value is -2.54. The molecule has 148 valence electrons. The third-order valence-electron chi connectivity index (χ3n) is 5.30. The van der Waals surface area contributed by atoms with Gasteiger partial charge >= 0.3 is 12.1 Å². The van der Waals surface area contributed by atoms with E-state index >= 15 is 0 Å². The summed E-state index contributed by atoms with van der Waals surface area (Å²) in [6, 6.07) is 7.42. The van der Waals surface area contributed by atoms with Crippen molar-refractivity contribution in [2.45, 2.75) is 43.9 Å². The van der Waals surface area contributed by atoms with Crippen molar-refractivity contribution in [3.05, 3.63) is 52.6 Å². The van der Waals surface area contributed by atoms with Gasteiger partial charge in [-0.2, -0.15) is 13.2 Å². The van der Waals surface area contributed by atoms with E-state index in [0.29, 0.717) is 23.5 Å². The van der Waals surface area contributed by atoms with E-state index in [2.05, 4.69) is 0 Å². The van der Waals surface area contributed by atoms with E-state index in [1.165, 1.54) is 6.07 Å². The number of aryl methyl sites for hydroxylation is 1. The molecular weight excluding hydrogens is 373 g/mol. The molecule has 2 N–H and O–H groups in total. The van der Waals surface area contributed by atoms with Gasteiger partial charge in [-0.1, -0.05) is 12.1 Å². The Bertz CT molecular complexity index is 932. The topological polar surface area (TPSA) is 66.8 Å². The lowest BCUT2D eigenvalue weighted by molar-refractivity contribution is -0.149. The lowest BCUT2D eigenvalue weighted by Gasteiger charge is -2.24. The molecule has 1 fully saturated rings. The van der Waals surface area contributed by atoms with E-state index in [9.17, 15) is 28.2 Å². The molecule has 1 aliphatic heterocycles. The summed E-state index contributed by atoms with van der Waals surface area (Å²) in [4.78, 5) is 11.5. The summed E-state index contributed by atoms with van der Waals surface area (Å²) in [6.07, 6.45) is -3.85. The van der Waals surface area contributed by atoms with Crippen LogP contribution in [-0.2, 0) is 17.4 Å². The Labute approximate surface area is 159 Å². The van der Waals surface area contributed by atoms with Gasteiger partial charge in [-0.05, 0) is 72.1 Å². The maximum atomic E-state index is 13.7. The van der Waals surface area contributed by atoms with Crippen LogP contribution in [0.4, 0.5) is 13.2 Å². The summed E-state index contributed by atoms with van der Waals surface area (Å²) >= 11 is 0. The van der Waals surface area contributed by atoms with Crippen molar-refractivity contribution in [3.8, 4) is 16.9 Å². The molecule has 0 bridgehead atoms. The minimum absolute atomic E-state index is 0.0734. The number of hydrogen-bond acceptors (Lipinski definition) is 3. The molecule has 1 unspecified atom stereocenters. The molecule has 0 aromatic heterocycles. The normalized spacial score (nSPS) is 17.6. The number of carboxylic acid groups (broad SMARTS) is 1. The minimum Gasteiger partial charge on any atom is -0.493 e. The lowest BCUT2D eigenvalue weighted by Crippen LogP contribution is -2.19. The molecule has 1 saturated carbocycles. The first-order chi connectivity index (χ1) is 13.3. The molecule has 7 heteroatoms. The van der Waals surface area contributed by atoms with Gasteiger partial charge in [0.1, 0.15) is 5.75 Å². The average Bonchev–Trinajstić information content (AvgIpc) is 3.50. The number of ether oxygens (including phenoxy) is 1. The van der Waals surface area contributed by atoms with Gasteiger partial charge in [0.2, 0.25) is 0 Å². The Morgan fingerprint density at radius 1 is 1.18 bits per heavy atom. The fourth-order valence-corrected chi connectivity index (χ4v) is 3.86. The highest BCUT2D eigenvalue weighted by molar-refractivity contribution is 5.83. The second-order valence-corrected chi connectivity index (χ2v) is 7.28. The van der Waals surface area contributed by atoms with Crippen LogP contribution < -0.4 is 4.74 Å². The number of carboxylic acids is 1. The fourth-order valence-electron chi connectivity index (χ4n) is 3.86. The molecule has 1 atom stereocenters. The van der Waals surface area contributed by atoms with Crippen LogP contribution in [-0.4, -0.2) is 22.8 Å². The van der Waals surface area contributed by atoms with Gasteiger partial charge in [-0.15, -0.1) is 0 Å². The van der Waals surface area contributed by atoms with Crippen molar-refractivity contribution in [2.24, 2.45) is 0 Å². The Kier molecular flexibility index (Phi) is 4.57. The molecular formula is C21H19F3O4. The van der Waals surface area contributed by atoms with Gasteiger partial charge in [0.25, 0.3) is 0 Å². The molecule has 28 heavy (non-hydrogen) atoms. The van der Waals surface area contributed by atoms with Crippen LogP contribution in [0.2, 0.25) is 0 Å². The minimum atomic E-state index is -4.78. The van der Waals surface area contributed by atoms with Crippen molar-refractivity contribution in [3.63, 3.8) is 0 Å². The number of aliphatic hydroxyl groups is 1. The SMILES string of the molecule is O=C(O)C(O)c1c(C(F)(F)F)ccc(C2CC2)c1-c1ccc2c(c1)CCCO2. The molecule has 2 aliphatic rings.